The number of fused-ring (bicyclic) bond motifs is 15. The minimum Gasteiger partial charge on any atom is -0.452 e. The van der Waals surface area contributed by atoms with Crippen molar-refractivity contribution in [3.8, 4) is 67.5 Å². The van der Waals surface area contributed by atoms with Crippen LogP contribution in [0.5, 0.6) is 23.0 Å². The van der Waals surface area contributed by atoms with Gasteiger partial charge in [0.1, 0.15) is 32.8 Å². The highest BCUT2D eigenvalue weighted by Crippen LogP contribution is 2.81. The van der Waals surface area contributed by atoms with Gasteiger partial charge in [-0.2, -0.15) is 0 Å². The maximum atomic E-state index is 14.4. The summed E-state index contributed by atoms with van der Waals surface area (Å²) in [5.74, 6) is 2.82. The van der Waals surface area contributed by atoms with Gasteiger partial charge in [0.25, 0.3) is 7.66 Å². The van der Waals surface area contributed by atoms with E-state index in [4.69, 9.17) is 45.2 Å². The average Bonchev–Trinajstić information content (AvgIpc) is 0.742. The molecule has 10 aromatic carbocycles. The number of carbonyl (C=O) groups excluding carboxylic acids is 2. The van der Waals surface area contributed by atoms with Crippen LogP contribution in [0.3, 0.4) is 0 Å². The molecular weight excluding hydrogens is 1780 g/mol. The Kier molecular flexibility index (Phi) is 28.7. The molecule has 6 aliphatic heterocycles. The van der Waals surface area contributed by atoms with E-state index in [2.05, 4.69) is 25.1 Å². The average molecular weight is 1850 g/mol. The molecule has 0 radical (unpaired) electrons. The molecular formula is C72H65N2O20P10S8+. The molecule has 7 atom stereocenters. The maximum absolute atomic E-state index is 14.4. The lowest BCUT2D eigenvalue weighted by molar-refractivity contribution is -0.126. The number of hydrogen-bond acceptors (Lipinski definition) is 27. The summed E-state index contributed by atoms with van der Waals surface area (Å²) in [6, 6.07) is 76.5. The maximum Gasteiger partial charge on any atom is 0.597 e. The first-order valence-corrected chi connectivity index (χ1v) is 57.7. The van der Waals surface area contributed by atoms with Gasteiger partial charge >= 0.3 is 51.5 Å². The van der Waals surface area contributed by atoms with Crippen molar-refractivity contribution in [3.05, 3.63) is 243 Å². The first-order chi connectivity index (χ1) is 56.6. The number of nitrogens with zero attached hydrogens (tertiary/aromatic N) is 2. The Bertz CT molecular complexity index is 5480. The van der Waals surface area contributed by atoms with Crippen molar-refractivity contribution in [2.24, 2.45) is 0 Å². The molecule has 2 fully saturated rings. The molecule has 0 bridgehead atoms. The third kappa shape index (κ3) is 21.6. The molecule has 0 saturated carbocycles. The van der Waals surface area contributed by atoms with E-state index in [9.17, 15) is 45.8 Å². The second-order valence-corrected chi connectivity index (χ2v) is 58.3. The summed E-state index contributed by atoms with van der Waals surface area (Å²) in [4.78, 5) is 34.0. The summed E-state index contributed by atoms with van der Waals surface area (Å²) in [6.07, 6.45) is 7.74. The van der Waals surface area contributed by atoms with E-state index in [1.165, 1.54) is 33.0 Å². The number of thiol groups is 2. The van der Waals surface area contributed by atoms with Crippen molar-refractivity contribution in [3.63, 3.8) is 0 Å². The minimum atomic E-state index is -3.76. The van der Waals surface area contributed by atoms with E-state index in [1.807, 2.05) is 221 Å². The number of carbonyl (C=O) groups is 2. The molecule has 7 heterocycles. The summed E-state index contributed by atoms with van der Waals surface area (Å²) >= 11 is 8.34. The molecule has 580 valence electrons. The Morgan fingerprint density at radius 1 is 0.509 bits per heavy atom. The van der Waals surface area contributed by atoms with Crippen molar-refractivity contribution >= 4 is 214 Å². The van der Waals surface area contributed by atoms with Gasteiger partial charge in [-0.1, -0.05) is 212 Å². The summed E-state index contributed by atoms with van der Waals surface area (Å²) < 4.78 is 173. The molecule has 11 aromatic rings. The van der Waals surface area contributed by atoms with Crippen LogP contribution in [-0.4, -0.2) is 59.0 Å². The van der Waals surface area contributed by atoms with Crippen LogP contribution in [-0.2, 0) is 70.0 Å². The number of amides is 2. The second-order valence-electron chi connectivity index (χ2n) is 24.0. The summed E-state index contributed by atoms with van der Waals surface area (Å²) in [5, 5.41) is 5.52. The first kappa shape index (κ1) is 80.3. The molecule has 22 nitrogen and oxygen atoms in total. The Morgan fingerprint density at radius 3 is 1.29 bits per heavy atom. The van der Waals surface area contributed by atoms with Crippen molar-refractivity contribution in [2.75, 3.05) is 13.1 Å². The lowest BCUT2D eigenvalue weighted by Gasteiger charge is -2.35. The highest BCUT2D eigenvalue weighted by Gasteiger charge is 2.49. The van der Waals surface area contributed by atoms with Gasteiger partial charge in [0, 0.05) is 114 Å². The Balaban J connectivity index is 0.000000145. The fourth-order valence-electron chi connectivity index (χ4n) is 12.1. The Labute approximate surface area is 689 Å². The number of rotatable bonds is 15. The summed E-state index contributed by atoms with van der Waals surface area (Å²) in [6.45, 7) is -12.7. The quantitative estimate of drug-likeness (QED) is 0.0209. The molecule has 1 aromatic heterocycles. The Hall–Kier alpha value is -5.50. The first-order valence-electron chi connectivity index (χ1n) is 35.5. The van der Waals surface area contributed by atoms with Gasteiger partial charge in [0.15, 0.2) is 13.3 Å². The normalized spacial score (nSPS) is 21.1. The monoisotopic (exact) mass is 1850 g/mol. The molecule has 2 saturated heterocycles. The van der Waals surface area contributed by atoms with Gasteiger partial charge in [-0.15, -0.1) is 0 Å². The van der Waals surface area contributed by atoms with Gasteiger partial charge in [0.05, 0.1) is 26.9 Å². The van der Waals surface area contributed by atoms with Crippen LogP contribution in [0.25, 0.3) is 66.0 Å². The molecule has 2 amide bonds. The van der Waals surface area contributed by atoms with Crippen LogP contribution in [0.2, 0.25) is 0 Å². The van der Waals surface area contributed by atoms with E-state index >= 15 is 0 Å². The van der Waals surface area contributed by atoms with Gasteiger partial charge < -0.3 is 32.8 Å². The highest BCUT2D eigenvalue weighted by atomic mass is 33.4. The van der Waals surface area contributed by atoms with Crippen LogP contribution >= 0.6 is 140 Å². The van der Waals surface area contributed by atoms with Crippen LogP contribution < -0.4 is 39.3 Å². The second kappa shape index (κ2) is 40.1. The van der Waals surface area contributed by atoms with Crippen LogP contribution in [0.15, 0.2) is 247 Å². The van der Waals surface area contributed by atoms with Crippen molar-refractivity contribution in [1.29, 1.82) is 6.54 Å². The minimum absolute atomic E-state index is 0.0365. The smallest absolute Gasteiger partial charge is 0.452 e. The topological polar surface area (TPSA) is 314 Å². The fourth-order valence-corrected chi connectivity index (χ4v) is 41.1. The molecule has 6 aliphatic rings. The molecule has 17 rings (SSSR count). The SMILES string of the molecule is O=C1CCCCCN1SSN1CCCCCC1=O.O=P1(SP2(=O)Oc3ccccc3-c3ccccc32)Oc2ccccc2-c2ccccc21.O=P1(SP2(=S)Oc3ccccc3-c3ccccc32)Oc2ccccc2-c2ccccc21.O=[p+]1oc2ccccc2c2ccccc21.[2H]OP(=O)(OP=O)S[2H].[2H]OP=O.[2H]OP=S(=O)(P=O)S[2H]. The predicted octanol–water partition coefficient (Wildman–Crippen LogP) is 23.7. The molecule has 0 aliphatic carbocycles. The largest absolute Gasteiger partial charge is 0.597 e. The lowest BCUT2D eigenvalue weighted by atomic mass is 10.0. The molecule has 3 N–H and O–H groups in total. The van der Waals surface area contributed by atoms with Gasteiger partial charge in [-0.3, -0.25) is 36.5 Å². The number of benzene rings is 10. The molecule has 112 heavy (non-hydrogen) atoms. The Morgan fingerprint density at radius 2 is 0.893 bits per heavy atom. The van der Waals surface area contributed by atoms with Crippen LogP contribution in [0.4, 0.5) is 0 Å². The van der Waals surface area contributed by atoms with Gasteiger partial charge in [-0.05, 0) is 114 Å². The fraction of sp³-hybridized carbons (Fsp3) is 0.139. The van der Waals surface area contributed by atoms with Crippen LogP contribution in [0, 0.1) is 0 Å². The zero-order valence-electron chi connectivity index (χ0n) is 63.0. The van der Waals surface area contributed by atoms with Crippen molar-refractivity contribution in [2.45, 2.75) is 51.4 Å². The highest BCUT2D eigenvalue weighted by molar-refractivity contribution is 8.95. The van der Waals surface area contributed by atoms with E-state index in [0.29, 0.717) is 51.6 Å². The zero-order valence-corrected chi connectivity index (χ0v) is 73.4. The van der Waals surface area contributed by atoms with E-state index in [-0.39, 0.29) is 43.1 Å². The van der Waals surface area contributed by atoms with Gasteiger partial charge in [0.2, 0.25) is 26.7 Å². The molecule has 0 spiro atoms. The number of hydrogen-bond donors (Lipinski definition) is 5. The van der Waals surface area contributed by atoms with Gasteiger partial charge in [-0.25, -0.2) is 26.4 Å². The third-order valence-corrected chi connectivity index (χ3v) is 48.7. The van der Waals surface area contributed by atoms with Crippen molar-refractivity contribution < 1.29 is 91.6 Å². The van der Waals surface area contributed by atoms with Crippen molar-refractivity contribution in [1.82, 2.24) is 8.61 Å². The van der Waals surface area contributed by atoms with Crippen LogP contribution in [0.1, 0.15) is 51.4 Å². The molecule has 7 unspecified atom stereocenters. The van der Waals surface area contributed by atoms with E-state index < -0.39 is 72.4 Å². The summed E-state index contributed by atoms with van der Waals surface area (Å²) in [5.41, 5.74) is 5.25. The van der Waals surface area contributed by atoms with E-state index in [0.717, 1.165) is 134 Å². The molecule has 40 heteroatoms. The van der Waals surface area contributed by atoms with E-state index in [1.54, 1.807) is 24.3 Å². The number of para-hydroxylation sites is 5. The summed E-state index contributed by atoms with van der Waals surface area (Å²) in [7, 11) is -4.04. The predicted molar refractivity (Wildman–Crippen MR) is 469 cm³/mol. The standard InChI is InChI=1S/C24H16O4P2S.C24H16O3P2S2.C12H20N2O2S2.C12H8O2P.H2O4P2S.H2O3P2S2.HO2P/c25-29(23-15-7-3-11-19(23)17-9-1-5-13-21(17)27-29)31-30(26)24-16-8-4-12-20(24)18-10-2-6-14-22(18)28-30;25-28(23-15-7-3-11-19(23)17-9-1-5-13-21(17)26-28)31-29(30)24-16-8-4-12-20(24)18-10-2-6-14-22(18)27-29;15-11-7-3-1-5-9-13(11)17-18-14-10-6-2-4-8-12(14)16;13-15-12-8-4-2-6-10(12)9-5-1-3-7-11(9)14-15;1-5-4-6(2,3)7;1-4-7(3,6)5-2;1-3-2/h2*1-16H;1-10H2;1-8H;(H2,2,3,7);1H,(H,3,6);(H,1,2)/q;;;+1;;;/i/hD5. The zero-order chi connectivity index (χ0) is 83.2. The third-order valence-electron chi connectivity index (χ3n) is 16.9. The lowest BCUT2D eigenvalue weighted by Crippen LogP contribution is -2.26.